The van der Waals surface area contributed by atoms with Gasteiger partial charge in [-0.2, -0.15) is 0 Å². The summed E-state index contributed by atoms with van der Waals surface area (Å²) in [4.78, 5) is 9.66. The second-order valence-electron chi connectivity index (χ2n) is 0.537. The van der Waals surface area contributed by atoms with Gasteiger partial charge in [-0.05, 0) is 0 Å². The molecule has 0 spiro atoms. The summed E-state index contributed by atoms with van der Waals surface area (Å²) >= 11 is 0. The SMILES string of the molecule is [2H]OC(=O)NC. The molecule has 0 aromatic carbocycles. The minimum Gasteiger partial charge on any atom is -0.465 e. The molecular formula is C2H5NO2. The average molecular weight is 76.1 g/mol. The third kappa shape index (κ3) is 3.27. The molecule has 0 aromatic rings. The molecule has 0 bridgehead atoms. The van der Waals surface area contributed by atoms with E-state index < -0.39 is 6.09 Å². The van der Waals surface area contributed by atoms with Crippen molar-refractivity contribution in [3.63, 3.8) is 0 Å². The molecule has 1 amide bonds. The van der Waals surface area contributed by atoms with Gasteiger partial charge >= 0.3 is 6.09 Å². The standard InChI is InChI=1S/C2H5NO2/c1-3-2(4)5/h3H,1H3,(H,4,5)/i/hD. The third-order valence-corrected chi connectivity index (χ3v) is 0.204. The van der Waals surface area contributed by atoms with Crippen molar-refractivity contribution in [3.8, 4) is 0 Å². The fraction of sp³-hybridized carbons (Fsp3) is 0.500. The summed E-state index contributed by atoms with van der Waals surface area (Å²) in [5.74, 6) is 0. The van der Waals surface area contributed by atoms with Crippen LogP contribution in [0.1, 0.15) is 0 Å². The summed E-state index contributed by atoms with van der Waals surface area (Å²) in [6.45, 7) is 0. The summed E-state index contributed by atoms with van der Waals surface area (Å²) in [6, 6.07) is 0. The zero-order valence-corrected chi connectivity index (χ0v) is 2.82. The van der Waals surface area contributed by atoms with Crippen molar-refractivity contribution in [2.75, 3.05) is 7.05 Å². The lowest BCUT2D eigenvalue weighted by Gasteiger charge is -1.78. The van der Waals surface area contributed by atoms with Gasteiger partial charge in [-0.1, -0.05) is 0 Å². The van der Waals surface area contributed by atoms with Crippen molar-refractivity contribution in [3.05, 3.63) is 0 Å². The van der Waals surface area contributed by atoms with Crippen LogP contribution in [0.2, 0.25) is 0 Å². The number of carboxylic acid groups (broad SMARTS) is 1. The molecule has 0 atom stereocenters. The molecule has 0 saturated heterocycles. The van der Waals surface area contributed by atoms with Crippen LogP contribution in [0.3, 0.4) is 0 Å². The first-order valence-corrected chi connectivity index (χ1v) is 1.16. The lowest BCUT2D eigenvalue weighted by atomic mass is 11.1. The van der Waals surface area contributed by atoms with Crippen molar-refractivity contribution >= 4 is 6.09 Å². The van der Waals surface area contributed by atoms with Crippen LogP contribution in [-0.4, -0.2) is 18.2 Å². The number of hydrogen-bond donors (Lipinski definition) is 2. The van der Waals surface area contributed by atoms with Crippen LogP contribution in [0.4, 0.5) is 4.79 Å². The fourth-order valence-electron chi connectivity index (χ4n) is 0. The van der Waals surface area contributed by atoms with Gasteiger partial charge in [0.2, 0.25) is 0 Å². The molecule has 0 aliphatic rings. The summed E-state index contributed by atoms with van der Waals surface area (Å²) in [7, 11) is 1.39. The molecule has 0 aliphatic carbocycles. The quantitative estimate of drug-likeness (QED) is 0.422. The van der Waals surface area contributed by atoms with Crippen LogP contribution in [0.15, 0.2) is 0 Å². The van der Waals surface area contributed by atoms with E-state index in [1.54, 1.807) is 0 Å². The maximum atomic E-state index is 9.66. The maximum Gasteiger partial charge on any atom is 0.404 e. The Morgan fingerprint density at radius 3 is 3.00 bits per heavy atom. The second-order valence-corrected chi connectivity index (χ2v) is 0.537. The highest BCUT2D eigenvalue weighted by molar-refractivity contribution is 5.63. The molecule has 0 radical (unpaired) electrons. The minimum absolute atomic E-state index is 0.741. The number of amides is 1. The molecule has 0 aliphatic heterocycles. The van der Waals surface area contributed by atoms with E-state index in [-0.39, 0.29) is 0 Å². The Balaban J connectivity index is 2.99. The van der Waals surface area contributed by atoms with Crippen LogP contribution in [0.25, 0.3) is 1.43 Å². The summed E-state index contributed by atoms with van der Waals surface area (Å²) in [6.07, 6.45) is -0.741. The Morgan fingerprint density at radius 1 is 2.40 bits per heavy atom. The Bertz CT molecular complexity index is 49.5. The van der Waals surface area contributed by atoms with E-state index in [0.29, 0.717) is 0 Å². The van der Waals surface area contributed by atoms with Gasteiger partial charge in [0, 0.05) is 7.05 Å². The third-order valence-electron chi connectivity index (χ3n) is 0.204. The normalized spacial score (nSPS) is 8.60. The first-order valence-electron chi connectivity index (χ1n) is 1.57. The Hall–Kier alpha value is -0.730. The minimum atomic E-state index is -0.741. The van der Waals surface area contributed by atoms with Gasteiger partial charge in [-0.15, -0.1) is 0 Å². The first kappa shape index (κ1) is 2.50. The number of nitrogens with one attached hydrogen (secondary N) is 1. The summed E-state index contributed by atoms with van der Waals surface area (Å²) in [5.41, 5.74) is 0. The molecule has 30 valence electrons. The van der Waals surface area contributed by atoms with E-state index in [9.17, 15) is 4.79 Å². The van der Waals surface area contributed by atoms with Gasteiger partial charge in [0.1, 0.15) is 0 Å². The number of rotatable bonds is 0. The summed E-state index contributed by atoms with van der Waals surface area (Å²) < 4.78 is 5.90. The molecule has 0 aromatic heterocycles. The van der Waals surface area contributed by atoms with Crippen molar-refractivity contribution < 1.29 is 9.90 Å². The fourth-order valence-corrected chi connectivity index (χ4v) is 0. The van der Waals surface area contributed by atoms with Crippen LogP contribution >= 0.6 is 0 Å². The maximum absolute atomic E-state index is 9.66. The zero-order valence-electron chi connectivity index (χ0n) is 3.82. The molecule has 0 heterocycles. The number of carbonyl (C=O) groups is 1. The Kier molecular flexibility index (Phi) is 0.789. The monoisotopic (exact) mass is 76.0 g/mol. The highest BCUT2D eigenvalue weighted by Gasteiger charge is 1.76. The molecule has 3 heteroatoms. The van der Waals surface area contributed by atoms with Gasteiger partial charge in [0.15, 0.2) is 0 Å². The van der Waals surface area contributed by atoms with Gasteiger partial charge in [-0.3, -0.25) is 0 Å². The average Bonchev–Trinajstić information content (AvgIpc) is 1.65. The van der Waals surface area contributed by atoms with Crippen LogP contribution in [0.5, 0.6) is 0 Å². The lowest BCUT2D eigenvalue weighted by Crippen LogP contribution is -2.13. The lowest BCUT2D eigenvalue weighted by molar-refractivity contribution is 0.197. The van der Waals surface area contributed by atoms with E-state index in [4.69, 9.17) is 1.43 Å². The van der Waals surface area contributed by atoms with Crippen molar-refractivity contribution in [1.29, 1.82) is 1.43 Å². The largest absolute Gasteiger partial charge is 0.465 e. The first-order chi connectivity index (χ1) is 2.81. The highest BCUT2D eigenvalue weighted by Crippen LogP contribution is 1.45. The smallest absolute Gasteiger partial charge is 0.404 e. The van der Waals surface area contributed by atoms with Crippen molar-refractivity contribution in [1.82, 2.24) is 5.32 Å². The molecule has 2 N–H and O–H groups in total. The molecule has 0 rings (SSSR count). The predicted molar refractivity (Wildman–Crippen MR) is 17.1 cm³/mol. The van der Waals surface area contributed by atoms with Crippen LogP contribution in [-0.2, 0) is 0 Å². The summed E-state index contributed by atoms with van der Waals surface area (Å²) in [5, 5.41) is 5.47. The highest BCUT2D eigenvalue weighted by atomic mass is 16.4. The number of hydrogen-bond acceptors (Lipinski definition) is 2. The topological polar surface area (TPSA) is 49.3 Å². The molecular weight excluding hydrogens is 70.0 g/mol. The zero-order chi connectivity index (χ0) is 4.99. The van der Waals surface area contributed by atoms with Crippen LogP contribution < -0.4 is 5.32 Å². The molecule has 3 nitrogen and oxygen atoms in total. The van der Waals surface area contributed by atoms with Crippen molar-refractivity contribution in [2.45, 2.75) is 0 Å². The van der Waals surface area contributed by atoms with E-state index in [1.165, 1.54) is 7.05 Å². The Labute approximate surface area is 31.1 Å². The van der Waals surface area contributed by atoms with E-state index in [1.807, 2.05) is 0 Å². The van der Waals surface area contributed by atoms with Gasteiger partial charge in [-0.25, -0.2) is 4.79 Å². The molecule has 0 fully saturated rings. The Morgan fingerprint density at radius 2 is 3.00 bits per heavy atom. The van der Waals surface area contributed by atoms with Gasteiger partial charge in [0.05, 0.1) is 0 Å². The predicted octanol–water partition coefficient (Wildman–Crippen LogP) is -0.116. The van der Waals surface area contributed by atoms with Gasteiger partial charge in [0.25, 0.3) is 1.43 Å². The van der Waals surface area contributed by atoms with E-state index >= 15 is 0 Å². The van der Waals surface area contributed by atoms with Crippen LogP contribution in [0, 0.1) is 0 Å². The molecule has 0 saturated carbocycles. The van der Waals surface area contributed by atoms with E-state index in [2.05, 4.69) is 10.4 Å². The molecule has 5 heavy (non-hydrogen) atoms. The van der Waals surface area contributed by atoms with Crippen molar-refractivity contribution in [2.24, 2.45) is 0 Å². The molecule has 0 unspecified atom stereocenters. The second kappa shape index (κ2) is 1.58. The van der Waals surface area contributed by atoms with Gasteiger partial charge < -0.3 is 10.4 Å². The van der Waals surface area contributed by atoms with E-state index in [0.717, 1.165) is 0 Å².